The smallest absolute Gasteiger partial charge is 0.352 e. The van der Waals surface area contributed by atoms with Crippen LogP contribution in [0.25, 0.3) is 0 Å². The van der Waals surface area contributed by atoms with Gasteiger partial charge in [0.05, 0.1) is 0 Å². The lowest BCUT2D eigenvalue weighted by Crippen LogP contribution is -2.24. The number of hydrogen-bond donors (Lipinski definition) is 2. The number of rotatable bonds is 2. The van der Waals surface area contributed by atoms with Crippen LogP contribution in [0.4, 0.5) is 5.95 Å². The molecule has 7 heteroatoms. The maximum Gasteiger partial charge on any atom is 0.352 e. The van der Waals surface area contributed by atoms with E-state index in [2.05, 4.69) is 15.4 Å². The molecule has 1 unspecified atom stereocenters. The van der Waals surface area contributed by atoms with Gasteiger partial charge < -0.3 is 10.4 Å². The van der Waals surface area contributed by atoms with Crippen LogP contribution in [0.15, 0.2) is 42.4 Å². The molecule has 2 aromatic rings. The van der Waals surface area contributed by atoms with E-state index in [-0.39, 0.29) is 11.7 Å². The fraction of sp³-hybridized carbons (Fsp3) is 0.0833. The van der Waals surface area contributed by atoms with E-state index < -0.39 is 5.97 Å². The Bertz CT molecular complexity index is 663. The molecule has 19 heavy (non-hydrogen) atoms. The van der Waals surface area contributed by atoms with Crippen molar-refractivity contribution in [3.05, 3.63) is 53.0 Å². The van der Waals surface area contributed by atoms with E-state index in [0.717, 1.165) is 5.56 Å². The zero-order valence-electron chi connectivity index (χ0n) is 9.62. The molecule has 0 spiro atoms. The monoisotopic (exact) mass is 276 g/mol. The number of allylic oxidation sites excluding steroid dienone is 1. The predicted molar refractivity (Wildman–Crippen MR) is 69.0 cm³/mol. The van der Waals surface area contributed by atoms with Crippen molar-refractivity contribution in [3.63, 3.8) is 0 Å². The first-order valence-corrected chi connectivity index (χ1v) is 5.90. The van der Waals surface area contributed by atoms with Crippen LogP contribution in [0.1, 0.15) is 11.6 Å². The molecule has 2 heterocycles. The molecule has 1 aromatic carbocycles. The number of aliphatic carboxylic acids is 1. The van der Waals surface area contributed by atoms with Gasteiger partial charge in [-0.1, -0.05) is 23.7 Å². The van der Waals surface area contributed by atoms with Crippen molar-refractivity contribution in [2.24, 2.45) is 0 Å². The first-order chi connectivity index (χ1) is 9.15. The molecule has 1 aliphatic rings. The van der Waals surface area contributed by atoms with E-state index in [1.807, 2.05) is 12.1 Å². The van der Waals surface area contributed by atoms with Gasteiger partial charge in [-0.25, -0.2) is 9.48 Å². The molecule has 0 fully saturated rings. The molecule has 1 aliphatic heterocycles. The summed E-state index contributed by atoms with van der Waals surface area (Å²) in [4.78, 5) is 15.1. The summed E-state index contributed by atoms with van der Waals surface area (Å²) >= 11 is 5.85. The molecule has 3 rings (SSSR count). The lowest BCUT2D eigenvalue weighted by Gasteiger charge is -2.22. The van der Waals surface area contributed by atoms with Crippen LogP contribution in [0.3, 0.4) is 0 Å². The van der Waals surface area contributed by atoms with Gasteiger partial charge in [-0.2, -0.15) is 10.1 Å². The van der Waals surface area contributed by atoms with Gasteiger partial charge in [0.25, 0.3) is 0 Å². The van der Waals surface area contributed by atoms with Crippen LogP contribution >= 0.6 is 11.6 Å². The minimum Gasteiger partial charge on any atom is -0.477 e. The summed E-state index contributed by atoms with van der Waals surface area (Å²) in [5.41, 5.74) is 0.969. The zero-order chi connectivity index (χ0) is 13.4. The Morgan fingerprint density at radius 1 is 1.37 bits per heavy atom. The van der Waals surface area contributed by atoms with Gasteiger partial charge in [-0.05, 0) is 23.8 Å². The number of aromatic nitrogens is 3. The Balaban J connectivity index is 2.09. The molecular formula is C12H9ClN4O2. The van der Waals surface area contributed by atoms with E-state index in [4.69, 9.17) is 16.7 Å². The molecule has 0 aliphatic carbocycles. The van der Waals surface area contributed by atoms with Crippen LogP contribution in [0, 0.1) is 0 Å². The highest BCUT2D eigenvalue weighted by molar-refractivity contribution is 6.30. The van der Waals surface area contributed by atoms with Crippen LogP contribution < -0.4 is 5.32 Å². The second-order valence-corrected chi connectivity index (χ2v) is 4.47. The van der Waals surface area contributed by atoms with Crippen molar-refractivity contribution < 1.29 is 9.90 Å². The Hall–Kier alpha value is -2.34. The fourth-order valence-electron chi connectivity index (χ4n) is 1.96. The molecule has 0 saturated carbocycles. The topological polar surface area (TPSA) is 80.0 Å². The Morgan fingerprint density at radius 2 is 2.11 bits per heavy atom. The molecule has 0 saturated heterocycles. The highest BCUT2D eigenvalue weighted by Gasteiger charge is 2.25. The molecule has 0 bridgehead atoms. The number of carboxylic acid groups (broad SMARTS) is 1. The number of halogens is 1. The number of anilines is 1. The van der Waals surface area contributed by atoms with Crippen molar-refractivity contribution in [1.29, 1.82) is 0 Å². The summed E-state index contributed by atoms with van der Waals surface area (Å²) in [5, 5.41) is 16.5. The molecule has 0 radical (unpaired) electrons. The van der Waals surface area contributed by atoms with E-state index in [1.165, 1.54) is 6.33 Å². The third-order valence-corrected chi connectivity index (χ3v) is 3.10. The number of benzene rings is 1. The summed E-state index contributed by atoms with van der Waals surface area (Å²) in [6.07, 6.45) is 2.97. The van der Waals surface area contributed by atoms with Crippen molar-refractivity contribution in [2.45, 2.75) is 6.04 Å². The number of fused-ring (bicyclic) bond motifs is 1. The lowest BCUT2D eigenvalue weighted by atomic mass is 10.0. The van der Waals surface area contributed by atoms with Gasteiger partial charge >= 0.3 is 5.97 Å². The van der Waals surface area contributed by atoms with Gasteiger partial charge in [0.1, 0.15) is 18.1 Å². The largest absolute Gasteiger partial charge is 0.477 e. The maximum absolute atomic E-state index is 11.1. The number of hydrogen-bond acceptors (Lipinski definition) is 4. The molecule has 1 aromatic heterocycles. The number of carbonyl (C=O) groups is 1. The summed E-state index contributed by atoms with van der Waals surface area (Å²) in [5.74, 6) is -0.631. The van der Waals surface area contributed by atoms with Crippen molar-refractivity contribution in [1.82, 2.24) is 14.8 Å². The van der Waals surface area contributed by atoms with Gasteiger partial charge in [-0.3, -0.25) is 0 Å². The van der Waals surface area contributed by atoms with Gasteiger partial charge in [0, 0.05) is 5.02 Å². The van der Waals surface area contributed by atoms with Crippen LogP contribution in [-0.4, -0.2) is 25.8 Å². The first kappa shape index (κ1) is 11.7. The predicted octanol–water partition coefficient (Wildman–Crippen LogP) is 1.91. The second-order valence-electron chi connectivity index (χ2n) is 4.04. The molecule has 6 nitrogen and oxygen atoms in total. The first-order valence-electron chi connectivity index (χ1n) is 5.52. The Morgan fingerprint density at radius 3 is 2.79 bits per heavy atom. The molecule has 2 N–H and O–H groups in total. The number of carboxylic acids is 1. The van der Waals surface area contributed by atoms with Crippen molar-refractivity contribution in [3.8, 4) is 0 Å². The fourth-order valence-corrected chi connectivity index (χ4v) is 2.08. The standard InChI is InChI=1S/C12H9ClN4O2/c13-8-3-1-7(2-4-8)10-5-9(11(18)19)16-12-14-6-15-17(10)12/h1-6,10H,(H,18,19)(H,14,15,16). The average molecular weight is 277 g/mol. The SMILES string of the molecule is O=C(O)C1=CC(c2ccc(Cl)cc2)n2ncnc2N1. The Labute approximate surface area is 113 Å². The molecule has 1 atom stereocenters. The average Bonchev–Trinajstić information content (AvgIpc) is 2.86. The van der Waals surface area contributed by atoms with E-state index >= 15 is 0 Å². The highest BCUT2D eigenvalue weighted by Crippen LogP contribution is 2.28. The second kappa shape index (κ2) is 4.40. The minimum absolute atomic E-state index is 0.0838. The quantitative estimate of drug-likeness (QED) is 0.876. The third kappa shape index (κ3) is 2.06. The van der Waals surface area contributed by atoms with Crippen molar-refractivity contribution >= 4 is 23.5 Å². The summed E-state index contributed by atoms with van der Waals surface area (Å²) in [6.45, 7) is 0. The number of nitrogens with zero attached hydrogens (tertiary/aromatic N) is 3. The highest BCUT2D eigenvalue weighted by atomic mass is 35.5. The van der Waals surface area contributed by atoms with Crippen molar-refractivity contribution in [2.75, 3.05) is 5.32 Å². The van der Waals surface area contributed by atoms with Crippen LogP contribution in [0.5, 0.6) is 0 Å². The van der Waals surface area contributed by atoms with E-state index in [1.54, 1.807) is 22.9 Å². The van der Waals surface area contributed by atoms with Gasteiger partial charge in [-0.15, -0.1) is 0 Å². The molecular weight excluding hydrogens is 268 g/mol. The van der Waals surface area contributed by atoms with Crippen LogP contribution in [-0.2, 0) is 4.79 Å². The van der Waals surface area contributed by atoms with E-state index in [9.17, 15) is 4.79 Å². The maximum atomic E-state index is 11.1. The summed E-state index contributed by atoms with van der Waals surface area (Å²) in [7, 11) is 0. The summed E-state index contributed by atoms with van der Waals surface area (Å²) < 4.78 is 1.62. The summed E-state index contributed by atoms with van der Waals surface area (Å²) in [6, 6.07) is 6.86. The van der Waals surface area contributed by atoms with Gasteiger partial charge in [0.2, 0.25) is 5.95 Å². The van der Waals surface area contributed by atoms with Gasteiger partial charge in [0.15, 0.2) is 0 Å². The normalized spacial score (nSPS) is 17.3. The van der Waals surface area contributed by atoms with E-state index in [0.29, 0.717) is 11.0 Å². The zero-order valence-corrected chi connectivity index (χ0v) is 10.4. The minimum atomic E-state index is -1.03. The lowest BCUT2D eigenvalue weighted by molar-refractivity contribution is -0.132. The Kier molecular flexibility index (Phi) is 2.72. The van der Waals surface area contributed by atoms with Crippen LogP contribution in [0.2, 0.25) is 5.02 Å². The third-order valence-electron chi connectivity index (χ3n) is 2.85. The molecule has 96 valence electrons. The number of nitrogens with one attached hydrogen (secondary N) is 1. The molecule has 0 amide bonds.